The Bertz CT molecular complexity index is 491. The van der Waals surface area contributed by atoms with Gasteiger partial charge in [0.25, 0.3) is 0 Å². The number of hydrogen-bond acceptors (Lipinski definition) is 5. The number of amides is 1. The summed E-state index contributed by atoms with van der Waals surface area (Å²) in [5.41, 5.74) is 0.209. The number of aryl methyl sites for hydroxylation is 1. The summed E-state index contributed by atoms with van der Waals surface area (Å²) in [4.78, 5) is 34.2. The molecule has 0 bridgehead atoms. The molecule has 0 aliphatic rings. The number of nitrogens with zero attached hydrogens (tertiary/aromatic N) is 4. The molecule has 0 aromatic carbocycles. The van der Waals surface area contributed by atoms with E-state index in [1.807, 2.05) is 6.92 Å². The van der Waals surface area contributed by atoms with Crippen molar-refractivity contribution in [2.24, 2.45) is 0 Å². The van der Waals surface area contributed by atoms with Crippen LogP contribution in [-0.4, -0.2) is 54.2 Å². The van der Waals surface area contributed by atoms with E-state index in [-0.39, 0.29) is 23.2 Å². The third-order valence-corrected chi connectivity index (χ3v) is 2.90. The number of halogens is 1. The standard InChI is InChI=1S/C12H17ClN4O2/c1-5-17(6-10(19)16(3)4)12-9(7-18)11(13)14-8(2)15-12/h7H,5-6H2,1-4H3. The molecule has 0 aliphatic heterocycles. The van der Waals surface area contributed by atoms with E-state index >= 15 is 0 Å². The highest BCUT2D eigenvalue weighted by Gasteiger charge is 2.19. The van der Waals surface area contributed by atoms with Gasteiger partial charge in [-0.15, -0.1) is 0 Å². The van der Waals surface area contributed by atoms with Crippen LogP contribution in [0.15, 0.2) is 0 Å². The van der Waals surface area contributed by atoms with Crippen molar-refractivity contribution in [2.75, 3.05) is 32.1 Å². The topological polar surface area (TPSA) is 66.4 Å². The van der Waals surface area contributed by atoms with Gasteiger partial charge in [0.2, 0.25) is 5.91 Å². The van der Waals surface area contributed by atoms with Crippen LogP contribution in [0.25, 0.3) is 0 Å². The fourth-order valence-corrected chi connectivity index (χ4v) is 1.77. The van der Waals surface area contributed by atoms with Crippen LogP contribution in [-0.2, 0) is 4.79 Å². The van der Waals surface area contributed by atoms with Gasteiger partial charge in [0.15, 0.2) is 6.29 Å². The quantitative estimate of drug-likeness (QED) is 0.600. The summed E-state index contributed by atoms with van der Waals surface area (Å²) in [6.45, 7) is 4.23. The molecule has 0 atom stereocenters. The molecule has 0 saturated carbocycles. The highest BCUT2D eigenvalue weighted by atomic mass is 35.5. The number of likely N-dealkylation sites (N-methyl/N-ethyl adjacent to an activating group) is 2. The maximum Gasteiger partial charge on any atom is 0.241 e. The van der Waals surface area contributed by atoms with Gasteiger partial charge in [-0.3, -0.25) is 9.59 Å². The van der Waals surface area contributed by atoms with Crippen molar-refractivity contribution in [3.8, 4) is 0 Å². The Labute approximate surface area is 117 Å². The summed E-state index contributed by atoms with van der Waals surface area (Å²) >= 11 is 5.93. The Hall–Kier alpha value is -1.69. The van der Waals surface area contributed by atoms with Crippen molar-refractivity contribution in [2.45, 2.75) is 13.8 Å². The van der Waals surface area contributed by atoms with Crippen LogP contribution in [0.2, 0.25) is 5.15 Å². The summed E-state index contributed by atoms with van der Waals surface area (Å²) in [5, 5.41) is 0.105. The predicted molar refractivity (Wildman–Crippen MR) is 73.7 cm³/mol. The lowest BCUT2D eigenvalue weighted by atomic mass is 10.3. The molecule has 0 fully saturated rings. The second-order valence-corrected chi connectivity index (χ2v) is 4.58. The summed E-state index contributed by atoms with van der Waals surface area (Å²) in [6.07, 6.45) is 0.611. The average Bonchev–Trinajstić information content (AvgIpc) is 2.34. The lowest BCUT2D eigenvalue weighted by molar-refractivity contribution is -0.127. The van der Waals surface area contributed by atoms with Gasteiger partial charge < -0.3 is 9.80 Å². The van der Waals surface area contributed by atoms with Gasteiger partial charge in [-0.2, -0.15) is 0 Å². The smallest absolute Gasteiger partial charge is 0.241 e. The van der Waals surface area contributed by atoms with Crippen LogP contribution in [0.1, 0.15) is 23.1 Å². The van der Waals surface area contributed by atoms with E-state index in [4.69, 9.17) is 11.6 Å². The molecule has 1 aromatic heterocycles. The first kappa shape index (κ1) is 15.4. The van der Waals surface area contributed by atoms with E-state index in [1.165, 1.54) is 4.90 Å². The largest absolute Gasteiger partial charge is 0.347 e. The van der Waals surface area contributed by atoms with Crippen molar-refractivity contribution in [1.82, 2.24) is 14.9 Å². The number of anilines is 1. The molecule has 19 heavy (non-hydrogen) atoms. The van der Waals surface area contributed by atoms with E-state index in [0.29, 0.717) is 24.5 Å². The molecule has 0 radical (unpaired) electrons. The number of carbonyl (C=O) groups is 2. The van der Waals surface area contributed by atoms with E-state index in [0.717, 1.165) is 0 Å². The SMILES string of the molecule is CCN(CC(=O)N(C)C)c1nc(C)nc(Cl)c1C=O. The molecule has 0 saturated heterocycles. The third-order valence-electron chi connectivity index (χ3n) is 2.61. The van der Waals surface area contributed by atoms with Gasteiger partial charge in [-0.05, 0) is 13.8 Å². The second-order valence-electron chi connectivity index (χ2n) is 4.22. The second kappa shape index (κ2) is 6.47. The molecule has 104 valence electrons. The minimum absolute atomic E-state index is 0.0777. The minimum Gasteiger partial charge on any atom is -0.347 e. The molecular weight excluding hydrogens is 268 g/mol. The molecule has 1 aromatic rings. The summed E-state index contributed by atoms with van der Waals surface area (Å²) in [5.74, 6) is 0.776. The van der Waals surface area contributed by atoms with Crippen LogP contribution in [0.3, 0.4) is 0 Å². The lowest BCUT2D eigenvalue weighted by Gasteiger charge is -2.24. The fraction of sp³-hybridized carbons (Fsp3) is 0.500. The van der Waals surface area contributed by atoms with Gasteiger partial charge in [0, 0.05) is 20.6 Å². The first-order valence-electron chi connectivity index (χ1n) is 5.85. The molecule has 7 heteroatoms. The third kappa shape index (κ3) is 3.64. The molecule has 0 N–H and O–H groups in total. The van der Waals surface area contributed by atoms with Crippen molar-refractivity contribution >= 4 is 29.6 Å². The Morgan fingerprint density at radius 3 is 2.47 bits per heavy atom. The number of carbonyl (C=O) groups excluding carboxylic acids is 2. The van der Waals surface area contributed by atoms with Crippen molar-refractivity contribution in [1.29, 1.82) is 0 Å². The highest BCUT2D eigenvalue weighted by molar-refractivity contribution is 6.32. The van der Waals surface area contributed by atoms with Gasteiger partial charge in [0.1, 0.15) is 16.8 Å². The van der Waals surface area contributed by atoms with Gasteiger partial charge in [-0.25, -0.2) is 9.97 Å². The van der Waals surface area contributed by atoms with Crippen molar-refractivity contribution in [3.05, 3.63) is 16.5 Å². The van der Waals surface area contributed by atoms with Crippen LogP contribution in [0.4, 0.5) is 5.82 Å². The zero-order chi connectivity index (χ0) is 14.6. The van der Waals surface area contributed by atoms with E-state index in [9.17, 15) is 9.59 Å². The Morgan fingerprint density at radius 1 is 1.37 bits per heavy atom. The molecule has 0 unspecified atom stereocenters. The average molecular weight is 285 g/mol. The molecule has 1 rings (SSSR count). The number of aldehydes is 1. The molecule has 1 heterocycles. The van der Waals surface area contributed by atoms with Crippen LogP contribution >= 0.6 is 11.6 Å². The molecule has 0 spiro atoms. The Balaban J connectivity index is 3.17. The maximum atomic E-state index is 11.8. The number of aromatic nitrogens is 2. The monoisotopic (exact) mass is 284 g/mol. The first-order valence-corrected chi connectivity index (χ1v) is 6.22. The lowest BCUT2D eigenvalue weighted by Crippen LogP contribution is -2.37. The van der Waals surface area contributed by atoms with E-state index < -0.39 is 0 Å². The first-order chi connectivity index (χ1) is 8.90. The molecule has 1 amide bonds. The Morgan fingerprint density at radius 2 is 2.00 bits per heavy atom. The van der Waals surface area contributed by atoms with Crippen molar-refractivity contribution < 1.29 is 9.59 Å². The number of rotatable bonds is 5. The zero-order valence-electron chi connectivity index (χ0n) is 11.5. The summed E-state index contributed by atoms with van der Waals surface area (Å²) in [7, 11) is 3.35. The van der Waals surface area contributed by atoms with Gasteiger partial charge in [-0.1, -0.05) is 11.6 Å². The maximum absolute atomic E-state index is 11.8. The van der Waals surface area contributed by atoms with Crippen LogP contribution in [0.5, 0.6) is 0 Å². The van der Waals surface area contributed by atoms with Crippen LogP contribution < -0.4 is 4.90 Å². The van der Waals surface area contributed by atoms with E-state index in [1.54, 1.807) is 25.9 Å². The molecular formula is C12H17ClN4O2. The van der Waals surface area contributed by atoms with Gasteiger partial charge >= 0.3 is 0 Å². The fourth-order valence-electron chi connectivity index (χ4n) is 1.52. The van der Waals surface area contributed by atoms with E-state index in [2.05, 4.69) is 9.97 Å². The zero-order valence-corrected chi connectivity index (χ0v) is 12.2. The summed E-state index contributed by atoms with van der Waals surface area (Å²) < 4.78 is 0. The Kier molecular flexibility index (Phi) is 5.23. The predicted octanol–water partition coefficient (Wildman–Crippen LogP) is 1.17. The molecule has 0 aliphatic carbocycles. The minimum atomic E-state index is -0.0777. The number of hydrogen-bond donors (Lipinski definition) is 0. The summed E-state index contributed by atoms with van der Waals surface area (Å²) in [6, 6.07) is 0. The normalized spacial score (nSPS) is 10.2. The highest BCUT2D eigenvalue weighted by Crippen LogP contribution is 2.22. The molecule has 6 nitrogen and oxygen atoms in total. The van der Waals surface area contributed by atoms with Crippen molar-refractivity contribution in [3.63, 3.8) is 0 Å². The van der Waals surface area contributed by atoms with Crippen LogP contribution in [0, 0.1) is 6.92 Å². The van der Waals surface area contributed by atoms with Gasteiger partial charge in [0.05, 0.1) is 12.1 Å².